The molecule has 4 aromatic carbocycles. The highest BCUT2D eigenvalue weighted by Crippen LogP contribution is 2.40. The van der Waals surface area contributed by atoms with Crippen LogP contribution in [0.3, 0.4) is 0 Å². The van der Waals surface area contributed by atoms with E-state index in [-0.39, 0.29) is 0 Å². The number of hydrogen-bond donors (Lipinski definition) is 0. The highest BCUT2D eigenvalue weighted by Gasteiger charge is 2.28. The largest absolute Gasteiger partial charge is 0.285 e. The molecule has 0 spiro atoms. The summed E-state index contributed by atoms with van der Waals surface area (Å²) in [6.45, 7) is 9.09. The number of hydrogen-bond acceptors (Lipinski definition) is 2. The fraction of sp³-hybridized carbons (Fsp3) is 0.435. The van der Waals surface area contributed by atoms with Gasteiger partial charge in [-0.3, -0.25) is 9.59 Å². The summed E-state index contributed by atoms with van der Waals surface area (Å²) >= 11 is 0. The third-order valence-electron chi connectivity index (χ3n) is 11.4. The molecule has 2 heteroatoms. The van der Waals surface area contributed by atoms with Gasteiger partial charge in [-0.15, -0.1) is 0 Å². The van der Waals surface area contributed by atoms with Crippen LogP contribution < -0.4 is 0 Å². The van der Waals surface area contributed by atoms with Crippen molar-refractivity contribution in [3.63, 3.8) is 0 Å². The summed E-state index contributed by atoms with van der Waals surface area (Å²) < 4.78 is 0. The van der Waals surface area contributed by atoms with Crippen molar-refractivity contribution < 1.29 is 9.59 Å². The van der Waals surface area contributed by atoms with Gasteiger partial charge in [-0.25, -0.2) is 0 Å². The standard InChI is InChI=1S/C46H54O2/c1-5-7-33-13-21-37(22-14-33)43-29-39(35-17-9-31(3)10-18-35)25-27-41(43)45(47)46(48)42-28-26-40(36-19-11-32(4)12-20-36)30-44(42)38-23-15-34(8-6-2)16-24-38/h13-16,21-32,35-36H,5-12,17-20H2,1-4H3. The van der Waals surface area contributed by atoms with Crippen molar-refractivity contribution in [1.82, 2.24) is 0 Å². The maximum Gasteiger partial charge on any atom is 0.234 e. The lowest BCUT2D eigenvalue weighted by Crippen LogP contribution is -2.18. The fourth-order valence-electron chi connectivity index (χ4n) is 8.22. The van der Waals surface area contributed by atoms with Gasteiger partial charge in [0.15, 0.2) is 0 Å². The number of carbonyl (C=O) groups is 2. The SMILES string of the molecule is CCCc1ccc(-c2cc(C3CCC(C)CC3)ccc2C(=O)C(=O)c2ccc(C3CCC(C)CC3)cc2-c2ccc(CCC)cc2)cc1. The first kappa shape index (κ1) is 34.1. The van der Waals surface area contributed by atoms with Gasteiger partial charge in [0, 0.05) is 11.1 Å². The van der Waals surface area contributed by atoms with E-state index in [0.717, 1.165) is 59.8 Å². The number of ketones is 2. The molecule has 2 saturated carbocycles. The van der Waals surface area contributed by atoms with Crippen LogP contribution in [0, 0.1) is 11.8 Å². The van der Waals surface area contributed by atoms with Crippen LogP contribution in [0.25, 0.3) is 22.3 Å². The molecular formula is C46H54O2. The minimum Gasteiger partial charge on any atom is -0.285 e. The molecule has 48 heavy (non-hydrogen) atoms. The number of Topliss-reactive ketones (excluding diaryl/α,β-unsaturated/α-hetero) is 2. The third-order valence-corrected chi connectivity index (χ3v) is 11.4. The van der Waals surface area contributed by atoms with Crippen LogP contribution in [0.1, 0.15) is 147 Å². The molecule has 0 aliphatic heterocycles. The molecule has 4 aromatic rings. The van der Waals surface area contributed by atoms with Crippen molar-refractivity contribution in [2.45, 2.75) is 117 Å². The molecule has 2 aliphatic carbocycles. The van der Waals surface area contributed by atoms with Crippen LogP contribution in [-0.2, 0) is 12.8 Å². The zero-order valence-corrected chi connectivity index (χ0v) is 29.7. The van der Waals surface area contributed by atoms with Gasteiger partial charge >= 0.3 is 0 Å². The minimum atomic E-state index is -0.422. The lowest BCUT2D eigenvalue weighted by Gasteiger charge is -2.27. The topological polar surface area (TPSA) is 34.1 Å². The van der Waals surface area contributed by atoms with Crippen LogP contribution in [0.5, 0.6) is 0 Å². The lowest BCUT2D eigenvalue weighted by molar-refractivity contribution is 0.0817. The Morgan fingerprint density at radius 1 is 0.500 bits per heavy atom. The maximum absolute atomic E-state index is 14.4. The van der Waals surface area contributed by atoms with Gasteiger partial charge in [0.2, 0.25) is 11.6 Å². The molecule has 2 nitrogen and oxygen atoms in total. The second-order valence-corrected chi connectivity index (χ2v) is 15.1. The molecule has 2 aliphatic rings. The minimum absolute atomic E-state index is 0.422. The van der Waals surface area contributed by atoms with Crippen molar-refractivity contribution in [1.29, 1.82) is 0 Å². The van der Waals surface area contributed by atoms with E-state index in [1.54, 1.807) is 0 Å². The van der Waals surface area contributed by atoms with E-state index in [9.17, 15) is 9.59 Å². The van der Waals surface area contributed by atoms with E-state index >= 15 is 0 Å². The molecule has 0 N–H and O–H groups in total. The van der Waals surface area contributed by atoms with Crippen molar-refractivity contribution in [3.05, 3.63) is 118 Å². The highest BCUT2D eigenvalue weighted by molar-refractivity contribution is 6.51. The first-order valence-electron chi connectivity index (χ1n) is 18.9. The quantitative estimate of drug-likeness (QED) is 0.121. The lowest BCUT2D eigenvalue weighted by atomic mass is 9.77. The fourth-order valence-corrected chi connectivity index (χ4v) is 8.22. The van der Waals surface area contributed by atoms with Crippen molar-refractivity contribution in [2.75, 3.05) is 0 Å². The first-order valence-corrected chi connectivity index (χ1v) is 18.9. The molecular weight excluding hydrogens is 585 g/mol. The summed E-state index contributed by atoms with van der Waals surface area (Å²) in [6, 6.07) is 29.8. The van der Waals surface area contributed by atoms with Crippen molar-refractivity contribution in [2.24, 2.45) is 11.8 Å². The summed E-state index contributed by atoms with van der Waals surface area (Å²) in [4.78, 5) is 28.9. The monoisotopic (exact) mass is 638 g/mol. The number of rotatable bonds is 11. The average molecular weight is 639 g/mol. The van der Waals surface area contributed by atoms with Crippen LogP contribution in [0.2, 0.25) is 0 Å². The van der Waals surface area contributed by atoms with Crippen molar-refractivity contribution in [3.8, 4) is 22.3 Å². The molecule has 2 fully saturated rings. The van der Waals surface area contributed by atoms with Gasteiger partial charge in [-0.05, 0) is 119 Å². The van der Waals surface area contributed by atoms with Crippen LogP contribution in [0.4, 0.5) is 0 Å². The number of carbonyl (C=O) groups excluding carboxylic acids is 2. The third kappa shape index (κ3) is 7.75. The van der Waals surface area contributed by atoms with E-state index in [4.69, 9.17) is 0 Å². The van der Waals surface area contributed by atoms with E-state index in [0.29, 0.717) is 23.0 Å². The molecule has 0 amide bonds. The van der Waals surface area contributed by atoms with E-state index in [1.165, 1.54) is 73.6 Å². The van der Waals surface area contributed by atoms with Crippen molar-refractivity contribution >= 4 is 11.6 Å². The molecule has 0 unspecified atom stereocenters. The van der Waals surface area contributed by atoms with Crippen LogP contribution in [0.15, 0.2) is 84.9 Å². The second-order valence-electron chi connectivity index (χ2n) is 15.1. The van der Waals surface area contributed by atoms with E-state index in [1.807, 2.05) is 12.1 Å². The first-order chi connectivity index (χ1) is 23.3. The second kappa shape index (κ2) is 15.6. The van der Waals surface area contributed by atoms with Crippen LogP contribution in [-0.4, -0.2) is 11.6 Å². The molecule has 0 atom stereocenters. The zero-order chi connectivity index (χ0) is 33.6. The van der Waals surface area contributed by atoms with Gasteiger partial charge in [0.1, 0.15) is 0 Å². The molecule has 0 bridgehead atoms. The maximum atomic E-state index is 14.4. The Morgan fingerprint density at radius 2 is 0.854 bits per heavy atom. The van der Waals surface area contributed by atoms with Gasteiger partial charge in [0.05, 0.1) is 0 Å². The summed E-state index contributed by atoms with van der Waals surface area (Å²) in [5.74, 6) is 1.70. The van der Waals surface area contributed by atoms with E-state index < -0.39 is 11.6 Å². The highest BCUT2D eigenvalue weighted by atomic mass is 16.2. The summed E-state index contributed by atoms with van der Waals surface area (Å²) in [7, 11) is 0. The molecule has 0 saturated heterocycles. The molecule has 250 valence electrons. The molecule has 6 rings (SSSR count). The Hall–Kier alpha value is -3.78. The Labute approximate surface area is 289 Å². The summed E-state index contributed by atoms with van der Waals surface area (Å²) in [5.41, 5.74) is 9.95. The van der Waals surface area contributed by atoms with E-state index in [2.05, 4.69) is 100 Å². The summed E-state index contributed by atoms with van der Waals surface area (Å²) in [5, 5.41) is 0. The molecule has 0 radical (unpaired) electrons. The number of benzene rings is 4. The Balaban J connectivity index is 1.39. The Kier molecular flexibility index (Phi) is 11.1. The predicted molar refractivity (Wildman–Crippen MR) is 201 cm³/mol. The number of aryl methyl sites for hydroxylation is 2. The van der Waals surface area contributed by atoms with Gasteiger partial charge < -0.3 is 0 Å². The predicted octanol–water partition coefficient (Wildman–Crippen LogP) is 12.6. The Morgan fingerprint density at radius 3 is 1.19 bits per heavy atom. The smallest absolute Gasteiger partial charge is 0.234 e. The Bertz CT molecular complexity index is 1570. The normalized spacial score (nSPS) is 21.2. The average Bonchev–Trinajstić information content (AvgIpc) is 3.12. The molecule has 0 heterocycles. The van der Waals surface area contributed by atoms with Gasteiger partial charge in [-0.1, -0.05) is 139 Å². The van der Waals surface area contributed by atoms with Gasteiger partial charge in [0.25, 0.3) is 0 Å². The zero-order valence-electron chi connectivity index (χ0n) is 29.7. The van der Waals surface area contributed by atoms with Gasteiger partial charge in [-0.2, -0.15) is 0 Å². The summed E-state index contributed by atoms with van der Waals surface area (Å²) in [6.07, 6.45) is 13.9. The molecule has 0 aromatic heterocycles. The van der Waals surface area contributed by atoms with Crippen LogP contribution >= 0.6 is 0 Å².